The van der Waals surface area contributed by atoms with Crippen LogP contribution >= 0.6 is 0 Å². The minimum Gasteiger partial charge on any atom is -0.481 e. The first-order valence-electron chi connectivity index (χ1n) is 7.11. The lowest BCUT2D eigenvalue weighted by Gasteiger charge is -2.35. The Bertz CT molecular complexity index is 312. The summed E-state index contributed by atoms with van der Waals surface area (Å²) in [7, 11) is 3.60. The van der Waals surface area contributed by atoms with Gasteiger partial charge >= 0.3 is 12.0 Å². The van der Waals surface area contributed by atoms with Crippen LogP contribution in [-0.4, -0.2) is 53.6 Å². The maximum absolute atomic E-state index is 12.2. The second kappa shape index (κ2) is 7.36. The Morgan fingerprint density at radius 1 is 1.16 bits per heavy atom. The molecule has 0 radical (unpaired) electrons. The van der Waals surface area contributed by atoms with E-state index >= 15 is 0 Å². The van der Waals surface area contributed by atoms with Crippen molar-refractivity contribution in [3.63, 3.8) is 0 Å². The van der Waals surface area contributed by atoms with E-state index in [1.54, 1.807) is 11.9 Å². The summed E-state index contributed by atoms with van der Waals surface area (Å²) in [4.78, 5) is 26.1. The molecule has 0 heterocycles. The van der Waals surface area contributed by atoms with E-state index in [2.05, 4.69) is 6.92 Å². The van der Waals surface area contributed by atoms with Gasteiger partial charge in [-0.3, -0.25) is 4.79 Å². The summed E-state index contributed by atoms with van der Waals surface area (Å²) in [5.74, 6) is -0.0384. The van der Waals surface area contributed by atoms with Gasteiger partial charge in [0.1, 0.15) is 0 Å². The second-order valence-electron chi connectivity index (χ2n) is 5.73. The fourth-order valence-corrected chi connectivity index (χ4v) is 2.62. The lowest BCUT2D eigenvalue weighted by molar-refractivity contribution is -0.137. The van der Waals surface area contributed by atoms with Crippen LogP contribution in [-0.2, 0) is 4.79 Å². The quantitative estimate of drug-likeness (QED) is 0.834. The van der Waals surface area contributed by atoms with Crippen molar-refractivity contribution in [1.29, 1.82) is 0 Å². The normalized spacial score (nSPS) is 22.9. The van der Waals surface area contributed by atoms with Gasteiger partial charge in [0.2, 0.25) is 0 Å². The average Bonchev–Trinajstić information content (AvgIpc) is 2.37. The highest BCUT2D eigenvalue weighted by Crippen LogP contribution is 2.26. The number of carboxylic acid groups (broad SMARTS) is 1. The van der Waals surface area contributed by atoms with Crippen LogP contribution in [0, 0.1) is 5.92 Å². The lowest BCUT2D eigenvalue weighted by Crippen LogP contribution is -2.45. The van der Waals surface area contributed by atoms with Gasteiger partial charge in [0.05, 0.1) is 0 Å². The molecule has 1 saturated carbocycles. The van der Waals surface area contributed by atoms with Crippen LogP contribution in [0.5, 0.6) is 0 Å². The third kappa shape index (κ3) is 5.09. The van der Waals surface area contributed by atoms with E-state index < -0.39 is 5.97 Å². The molecule has 0 bridgehead atoms. The van der Waals surface area contributed by atoms with Gasteiger partial charge in [-0.2, -0.15) is 0 Å². The highest BCUT2D eigenvalue weighted by atomic mass is 16.4. The SMILES string of the molecule is CC1CCC(N(C)C(=O)N(C)CCCC(=O)O)CC1. The molecule has 1 aliphatic carbocycles. The van der Waals surface area contributed by atoms with Crippen LogP contribution in [0.15, 0.2) is 0 Å². The van der Waals surface area contributed by atoms with Crippen molar-refractivity contribution >= 4 is 12.0 Å². The summed E-state index contributed by atoms with van der Waals surface area (Å²) >= 11 is 0. The van der Waals surface area contributed by atoms with E-state index in [4.69, 9.17) is 5.11 Å². The largest absolute Gasteiger partial charge is 0.481 e. The molecular formula is C14H26N2O3. The fraction of sp³-hybridized carbons (Fsp3) is 0.857. The smallest absolute Gasteiger partial charge is 0.319 e. The Balaban J connectivity index is 2.36. The molecule has 1 fully saturated rings. The summed E-state index contributed by atoms with van der Waals surface area (Å²) in [5, 5.41) is 8.59. The van der Waals surface area contributed by atoms with Crippen LogP contribution in [0.3, 0.4) is 0 Å². The predicted octanol–water partition coefficient (Wildman–Crippen LogP) is 2.41. The Labute approximate surface area is 115 Å². The van der Waals surface area contributed by atoms with Gasteiger partial charge in [-0.25, -0.2) is 4.79 Å². The van der Waals surface area contributed by atoms with E-state index in [1.807, 2.05) is 11.9 Å². The van der Waals surface area contributed by atoms with E-state index in [9.17, 15) is 9.59 Å². The molecule has 110 valence electrons. The standard InChI is InChI=1S/C14H26N2O3/c1-11-6-8-12(9-7-11)16(3)14(19)15(2)10-4-5-13(17)18/h11-12H,4-10H2,1-3H3,(H,17,18). The van der Waals surface area contributed by atoms with E-state index in [-0.39, 0.29) is 12.5 Å². The molecule has 5 heteroatoms. The summed E-state index contributed by atoms with van der Waals surface area (Å²) in [5.41, 5.74) is 0. The molecule has 1 rings (SSSR count). The molecule has 1 N–H and O–H groups in total. The maximum atomic E-state index is 12.2. The lowest BCUT2D eigenvalue weighted by atomic mass is 9.87. The Hall–Kier alpha value is -1.26. The van der Waals surface area contributed by atoms with Crippen LogP contribution in [0.4, 0.5) is 4.79 Å². The monoisotopic (exact) mass is 270 g/mol. The van der Waals surface area contributed by atoms with Crippen LogP contribution in [0.1, 0.15) is 45.4 Å². The van der Waals surface area contributed by atoms with Gasteiger partial charge in [0.15, 0.2) is 0 Å². The first-order chi connectivity index (χ1) is 8.91. The Morgan fingerprint density at radius 2 is 1.74 bits per heavy atom. The number of carbonyl (C=O) groups excluding carboxylic acids is 1. The molecule has 0 saturated heterocycles. The third-order valence-electron chi connectivity index (χ3n) is 4.05. The number of carbonyl (C=O) groups is 2. The van der Waals surface area contributed by atoms with Crippen molar-refractivity contribution in [3.05, 3.63) is 0 Å². The second-order valence-corrected chi connectivity index (χ2v) is 5.73. The van der Waals surface area contributed by atoms with E-state index in [0.29, 0.717) is 19.0 Å². The fourth-order valence-electron chi connectivity index (χ4n) is 2.62. The zero-order chi connectivity index (χ0) is 14.4. The summed E-state index contributed by atoms with van der Waals surface area (Å²) in [6.07, 6.45) is 5.14. The first-order valence-corrected chi connectivity index (χ1v) is 7.11. The number of amides is 2. The number of nitrogens with zero attached hydrogens (tertiary/aromatic N) is 2. The van der Waals surface area contributed by atoms with Crippen molar-refractivity contribution in [2.75, 3.05) is 20.6 Å². The molecule has 2 amide bonds. The molecule has 0 spiro atoms. The van der Waals surface area contributed by atoms with Gasteiger partial charge in [0, 0.05) is 33.1 Å². The van der Waals surface area contributed by atoms with Crippen molar-refractivity contribution < 1.29 is 14.7 Å². The maximum Gasteiger partial charge on any atom is 0.319 e. The minimum atomic E-state index is -0.810. The number of aliphatic carboxylic acids is 1. The highest BCUT2D eigenvalue weighted by molar-refractivity contribution is 5.74. The number of carboxylic acids is 1. The van der Waals surface area contributed by atoms with Crippen LogP contribution in [0.2, 0.25) is 0 Å². The van der Waals surface area contributed by atoms with Gasteiger partial charge in [-0.05, 0) is 38.0 Å². The molecular weight excluding hydrogens is 244 g/mol. The number of hydrogen-bond acceptors (Lipinski definition) is 2. The Morgan fingerprint density at radius 3 is 2.26 bits per heavy atom. The summed E-state index contributed by atoms with van der Waals surface area (Å²) in [6.45, 7) is 2.76. The molecule has 5 nitrogen and oxygen atoms in total. The zero-order valence-corrected chi connectivity index (χ0v) is 12.3. The molecule has 0 aliphatic heterocycles. The van der Waals surface area contributed by atoms with Crippen LogP contribution < -0.4 is 0 Å². The third-order valence-corrected chi connectivity index (χ3v) is 4.05. The average molecular weight is 270 g/mol. The topological polar surface area (TPSA) is 60.9 Å². The molecule has 0 aromatic carbocycles. The predicted molar refractivity (Wildman–Crippen MR) is 74.1 cm³/mol. The minimum absolute atomic E-state index is 0.00458. The van der Waals surface area contributed by atoms with E-state index in [1.165, 1.54) is 12.8 Å². The zero-order valence-electron chi connectivity index (χ0n) is 12.3. The van der Waals surface area contributed by atoms with Gasteiger partial charge in [0.25, 0.3) is 0 Å². The molecule has 0 aromatic rings. The number of hydrogen-bond donors (Lipinski definition) is 1. The van der Waals surface area contributed by atoms with Crippen molar-refractivity contribution in [2.24, 2.45) is 5.92 Å². The molecule has 0 atom stereocenters. The first kappa shape index (κ1) is 15.8. The van der Waals surface area contributed by atoms with Crippen LogP contribution in [0.25, 0.3) is 0 Å². The number of rotatable bonds is 5. The molecule has 0 aromatic heterocycles. The van der Waals surface area contributed by atoms with Crippen molar-refractivity contribution in [1.82, 2.24) is 9.80 Å². The van der Waals surface area contributed by atoms with Gasteiger partial charge in [-0.15, -0.1) is 0 Å². The molecule has 0 unspecified atom stereocenters. The number of urea groups is 1. The molecule has 19 heavy (non-hydrogen) atoms. The highest BCUT2D eigenvalue weighted by Gasteiger charge is 2.26. The summed E-state index contributed by atoms with van der Waals surface area (Å²) < 4.78 is 0. The van der Waals surface area contributed by atoms with Gasteiger partial charge in [-0.1, -0.05) is 6.92 Å². The van der Waals surface area contributed by atoms with E-state index in [0.717, 1.165) is 18.8 Å². The Kier molecular flexibility index (Phi) is 6.12. The molecule has 1 aliphatic rings. The van der Waals surface area contributed by atoms with Crippen molar-refractivity contribution in [3.8, 4) is 0 Å². The van der Waals surface area contributed by atoms with Gasteiger partial charge < -0.3 is 14.9 Å². The van der Waals surface area contributed by atoms with Crippen molar-refractivity contribution in [2.45, 2.75) is 51.5 Å². The summed E-state index contributed by atoms with van der Waals surface area (Å²) in [6, 6.07) is 0.343.